The van der Waals surface area contributed by atoms with Crippen LogP contribution in [0.3, 0.4) is 0 Å². The summed E-state index contributed by atoms with van der Waals surface area (Å²) in [5, 5.41) is 17.7. The molecule has 13 heavy (non-hydrogen) atoms. The molecule has 5 heteroatoms. The summed E-state index contributed by atoms with van der Waals surface area (Å²) in [6.45, 7) is 0. The van der Waals surface area contributed by atoms with Gasteiger partial charge in [0, 0.05) is 5.56 Å². The molecule has 1 aromatic rings. The highest BCUT2D eigenvalue weighted by Crippen LogP contribution is 2.28. The smallest absolute Gasteiger partial charge is 0.337 e. The number of carboxylic acid groups (broad SMARTS) is 1. The number of hydrogen-bond donors (Lipinski definition) is 3. The van der Waals surface area contributed by atoms with Crippen molar-refractivity contribution < 1.29 is 15.0 Å². The monoisotopic (exact) mass is 201 g/mol. The third kappa shape index (κ3) is 1.91. The Balaban J connectivity index is 3.15. The highest BCUT2D eigenvalue weighted by molar-refractivity contribution is 6.34. The number of benzene rings is 1. The van der Waals surface area contributed by atoms with Crippen molar-refractivity contribution in [3.05, 3.63) is 28.8 Å². The molecule has 0 radical (unpaired) electrons. The minimum Gasteiger partial charge on any atom is -0.479 e. The average molecular weight is 202 g/mol. The van der Waals surface area contributed by atoms with Gasteiger partial charge in [-0.25, -0.2) is 4.79 Å². The Morgan fingerprint density at radius 2 is 2.15 bits per heavy atom. The summed E-state index contributed by atoms with van der Waals surface area (Å²) in [7, 11) is 0. The Hall–Kier alpha value is -1.26. The normalized spacial score (nSPS) is 12.5. The van der Waals surface area contributed by atoms with Crippen LogP contribution in [0, 0.1) is 0 Å². The van der Waals surface area contributed by atoms with E-state index in [9.17, 15) is 4.79 Å². The van der Waals surface area contributed by atoms with E-state index < -0.39 is 12.1 Å². The molecule has 0 bridgehead atoms. The summed E-state index contributed by atoms with van der Waals surface area (Å²) in [5.41, 5.74) is 5.78. The van der Waals surface area contributed by atoms with Gasteiger partial charge in [0.2, 0.25) is 0 Å². The number of rotatable bonds is 2. The van der Waals surface area contributed by atoms with E-state index in [4.69, 9.17) is 27.5 Å². The number of carbonyl (C=O) groups is 1. The number of carboxylic acids is 1. The van der Waals surface area contributed by atoms with Crippen molar-refractivity contribution in [1.29, 1.82) is 0 Å². The SMILES string of the molecule is Nc1cccc(C(O)C(=O)O)c1Cl. The van der Waals surface area contributed by atoms with Crippen LogP contribution in [0.5, 0.6) is 0 Å². The van der Waals surface area contributed by atoms with Crippen LogP contribution in [0.4, 0.5) is 5.69 Å². The lowest BCUT2D eigenvalue weighted by Crippen LogP contribution is -2.11. The number of aliphatic hydroxyl groups excluding tert-OH is 1. The molecule has 0 aliphatic carbocycles. The molecule has 1 atom stereocenters. The zero-order chi connectivity index (χ0) is 10.0. The van der Waals surface area contributed by atoms with Crippen molar-refractivity contribution in [3.63, 3.8) is 0 Å². The van der Waals surface area contributed by atoms with Crippen LogP contribution in [-0.2, 0) is 4.79 Å². The molecule has 0 spiro atoms. The summed E-state index contributed by atoms with van der Waals surface area (Å²) in [6, 6.07) is 4.47. The third-order valence-corrected chi connectivity index (χ3v) is 2.02. The molecule has 4 N–H and O–H groups in total. The lowest BCUT2D eigenvalue weighted by atomic mass is 10.1. The Kier molecular flexibility index (Phi) is 2.75. The zero-order valence-electron chi connectivity index (χ0n) is 6.57. The van der Waals surface area contributed by atoms with Crippen LogP contribution >= 0.6 is 11.6 Å². The zero-order valence-corrected chi connectivity index (χ0v) is 7.32. The highest BCUT2D eigenvalue weighted by atomic mass is 35.5. The molecule has 70 valence electrons. The van der Waals surface area contributed by atoms with Crippen LogP contribution in [0.15, 0.2) is 18.2 Å². The first-order valence-electron chi connectivity index (χ1n) is 3.48. The van der Waals surface area contributed by atoms with Crippen molar-refractivity contribution in [1.82, 2.24) is 0 Å². The van der Waals surface area contributed by atoms with Crippen LogP contribution < -0.4 is 5.73 Å². The van der Waals surface area contributed by atoms with Gasteiger partial charge in [-0.2, -0.15) is 0 Å². The van der Waals surface area contributed by atoms with Crippen molar-refractivity contribution in [2.24, 2.45) is 0 Å². The van der Waals surface area contributed by atoms with E-state index in [0.717, 1.165) is 0 Å². The number of halogens is 1. The second-order valence-corrected chi connectivity index (χ2v) is 2.87. The third-order valence-electron chi connectivity index (χ3n) is 1.59. The Morgan fingerprint density at radius 1 is 1.54 bits per heavy atom. The van der Waals surface area contributed by atoms with Crippen LogP contribution in [0.25, 0.3) is 0 Å². The summed E-state index contributed by atoms with van der Waals surface area (Å²) in [4.78, 5) is 10.4. The van der Waals surface area contributed by atoms with Gasteiger partial charge in [0.15, 0.2) is 6.10 Å². The Bertz CT molecular complexity index is 340. The minimum absolute atomic E-state index is 0.0809. The molecule has 1 aromatic carbocycles. The molecule has 0 amide bonds. The predicted octanol–water partition coefficient (Wildman–Crippen LogP) is 1.04. The molecule has 0 heterocycles. The van der Waals surface area contributed by atoms with E-state index in [-0.39, 0.29) is 16.3 Å². The van der Waals surface area contributed by atoms with Gasteiger partial charge in [0.05, 0.1) is 10.7 Å². The van der Waals surface area contributed by atoms with E-state index in [2.05, 4.69) is 0 Å². The van der Waals surface area contributed by atoms with Crippen LogP contribution in [0.1, 0.15) is 11.7 Å². The topological polar surface area (TPSA) is 83.5 Å². The van der Waals surface area contributed by atoms with Gasteiger partial charge in [-0.05, 0) is 6.07 Å². The summed E-state index contributed by atoms with van der Waals surface area (Å²) in [5.74, 6) is -1.35. The van der Waals surface area contributed by atoms with Gasteiger partial charge in [-0.3, -0.25) is 0 Å². The number of aliphatic hydroxyl groups is 1. The highest BCUT2D eigenvalue weighted by Gasteiger charge is 2.19. The Labute approximate surface area is 79.6 Å². The van der Waals surface area contributed by atoms with Gasteiger partial charge in [0.1, 0.15) is 0 Å². The number of aliphatic carboxylic acids is 1. The first-order valence-corrected chi connectivity index (χ1v) is 3.86. The van der Waals surface area contributed by atoms with Crippen molar-refractivity contribution in [2.45, 2.75) is 6.10 Å². The molecule has 0 aliphatic rings. The maximum absolute atomic E-state index is 10.4. The summed E-state index contributed by atoms with van der Waals surface area (Å²) >= 11 is 5.68. The van der Waals surface area contributed by atoms with Gasteiger partial charge in [0.25, 0.3) is 0 Å². The summed E-state index contributed by atoms with van der Waals surface area (Å²) < 4.78 is 0. The fraction of sp³-hybridized carbons (Fsp3) is 0.125. The molecule has 1 rings (SSSR count). The van der Waals surface area contributed by atoms with Crippen molar-refractivity contribution >= 4 is 23.3 Å². The van der Waals surface area contributed by atoms with Crippen molar-refractivity contribution in [2.75, 3.05) is 5.73 Å². The average Bonchev–Trinajstić information content (AvgIpc) is 2.08. The molecule has 0 fully saturated rings. The lowest BCUT2D eigenvalue weighted by Gasteiger charge is -2.08. The molecule has 1 unspecified atom stereocenters. The molecule has 0 aromatic heterocycles. The molecule has 0 aliphatic heterocycles. The lowest BCUT2D eigenvalue weighted by molar-refractivity contribution is -0.146. The summed E-state index contributed by atoms with van der Waals surface area (Å²) in [6.07, 6.45) is -1.63. The van der Waals surface area contributed by atoms with Gasteiger partial charge in [-0.15, -0.1) is 0 Å². The fourth-order valence-electron chi connectivity index (χ4n) is 0.913. The quantitative estimate of drug-likeness (QED) is 0.625. The first-order chi connectivity index (χ1) is 6.04. The second-order valence-electron chi connectivity index (χ2n) is 2.49. The molecule has 4 nitrogen and oxygen atoms in total. The molecular formula is C8H8ClNO3. The first kappa shape index (κ1) is 9.83. The van der Waals surface area contributed by atoms with Crippen molar-refractivity contribution in [3.8, 4) is 0 Å². The number of anilines is 1. The number of nitrogen functional groups attached to an aromatic ring is 1. The fourth-order valence-corrected chi connectivity index (χ4v) is 1.14. The second kappa shape index (κ2) is 3.64. The van der Waals surface area contributed by atoms with Gasteiger partial charge < -0.3 is 15.9 Å². The van der Waals surface area contributed by atoms with Crippen LogP contribution in [-0.4, -0.2) is 16.2 Å². The van der Waals surface area contributed by atoms with E-state index in [0.29, 0.717) is 0 Å². The van der Waals surface area contributed by atoms with E-state index >= 15 is 0 Å². The minimum atomic E-state index is -1.63. The van der Waals surface area contributed by atoms with E-state index in [1.54, 1.807) is 0 Å². The number of hydrogen-bond acceptors (Lipinski definition) is 3. The number of nitrogens with two attached hydrogens (primary N) is 1. The van der Waals surface area contributed by atoms with Gasteiger partial charge >= 0.3 is 5.97 Å². The van der Waals surface area contributed by atoms with Crippen LogP contribution in [0.2, 0.25) is 5.02 Å². The predicted molar refractivity (Wildman–Crippen MR) is 48.5 cm³/mol. The van der Waals surface area contributed by atoms with E-state index in [1.165, 1.54) is 18.2 Å². The maximum atomic E-state index is 10.4. The standard InChI is InChI=1S/C8H8ClNO3/c9-6-4(7(11)8(12)13)2-1-3-5(6)10/h1-3,7,11H,10H2,(H,12,13). The molecular weight excluding hydrogens is 194 g/mol. The largest absolute Gasteiger partial charge is 0.479 e. The van der Waals surface area contributed by atoms with E-state index in [1.807, 2.05) is 0 Å². The Morgan fingerprint density at radius 3 is 2.69 bits per heavy atom. The maximum Gasteiger partial charge on any atom is 0.337 e. The molecule has 0 saturated carbocycles. The molecule has 0 saturated heterocycles. The van der Waals surface area contributed by atoms with Gasteiger partial charge in [-0.1, -0.05) is 23.7 Å².